The molecule has 0 bridgehead atoms. The third-order valence-corrected chi connectivity index (χ3v) is 8.71. The summed E-state index contributed by atoms with van der Waals surface area (Å²) in [6, 6.07) is 0. The summed E-state index contributed by atoms with van der Waals surface area (Å²) >= 11 is 0. The first-order valence-electron chi connectivity index (χ1n) is 13.8. The van der Waals surface area contributed by atoms with Gasteiger partial charge in [-0.3, -0.25) is 14.4 Å². The van der Waals surface area contributed by atoms with Gasteiger partial charge in [-0.1, -0.05) is 38.8 Å². The van der Waals surface area contributed by atoms with Crippen LogP contribution in [0.25, 0.3) is 0 Å². The van der Waals surface area contributed by atoms with Crippen molar-refractivity contribution in [2.24, 2.45) is 29.1 Å². The van der Waals surface area contributed by atoms with Crippen molar-refractivity contribution in [2.45, 2.75) is 91.0 Å². The van der Waals surface area contributed by atoms with E-state index in [4.69, 9.17) is 23.7 Å². The van der Waals surface area contributed by atoms with Gasteiger partial charge in [0.15, 0.2) is 0 Å². The second-order valence-electron chi connectivity index (χ2n) is 11.3. The number of hydrogen-bond acceptors (Lipinski definition) is 8. The maximum absolute atomic E-state index is 12.5. The molecule has 206 valence electrons. The van der Waals surface area contributed by atoms with Gasteiger partial charge in [-0.05, 0) is 43.9 Å². The van der Waals surface area contributed by atoms with E-state index in [1.807, 2.05) is 0 Å². The fraction of sp³-hybridized carbons (Fsp3) is 0.759. The summed E-state index contributed by atoms with van der Waals surface area (Å²) in [5, 5.41) is 0. The Labute approximate surface area is 220 Å². The first kappa shape index (κ1) is 27.7. The lowest BCUT2D eigenvalue weighted by molar-refractivity contribution is -0.193. The molecule has 8 nitrogen and oxygen atoms in total. The van der Waals surface area contributed by atoms with Crippen LogP contribution >= 0.6 is 0 Å². The van der Waals surface area contributed by atoms with E-state index in [0.717, 1.165) is 24.8 Å². The van der Waals surface area contributed by atoms with Crippen molar-refractivity contribution in [1.29, 1.82) is 0 Å². The molecule has 0 N–H and O–H groups in total. The summed E-state index contributed by atoms with van der Waals surface area (Å²) in [6.07, 6.45) is 12.5. The standard InChI is InChI=1S/C29H42O8/c1-5-6-7-8-9-10-11-12-23(32)35-17-28(4)22-13-14-29(18-36-29)26-24(25(22)28)21(15-33-19(2)30)16-34-27(26)37-20(3)31/h9-10,16,22,24-27H,5-8,11-15,17-18H2,1-4H3. The van der Waals surface area contributed by atoms with Crippen LogP contribution < -0.4 is 0 Å². The number of epoxide rings is 1. The Hall–Kier alpha value is -2.35. The minimum Gasteiger partial charge on any atom is -0.465 e. The summed E-state index contributed by atoms with van der Waals surface area (Å²) in [6.45, 7) is 8.16. The van der Waals surface area contributed by atoms with E-state index in [1.54, 1.807) is 6.26 Å². The van der Waals surface area contributed by atoms with Crippen molar-refractivity contribution >= 4 is 17.9 Å². The van der Waals surface area contributed by atoms with E-state index < -0.39 is 17.9 Å². The van der Waals surface area contributed by atoms with Crippen molar-refractivity contribution < 1.29 is 38.1 Å². The van der Waals surface area contributed by atoms with Crippen LogP contribution in [0.4, 0.5) is 0 Å². The molecular weight excluding hydrogens is 476 g/mol. The summed E-state index contributed by atoms with van der Waals surface area (Å²) in [5.74, 6) is -0.736. The zero-order valence-electron chi connectivity index (χ0n) is 22.7. The largest absolute Gasteiger partial charge is 0.465 e. The van der Waals surface area contributed by atoms with Crippen LogP contribution in [0.1, 0.15) is 79.1 Å². The van der Waals surface area contributed by atoms with Gasteiger partial charge in [0.1, 0.15) is 12.2 Å². The predicted molar refractivity (Wildman–Crippen MR) is 135 cm³/mol. The highest BCUT2D eigenvalue weighted by Gasteiger charge is 2.74. The molecule has 2 aliphatic carbocycles. The normalized spacial score (nSPS) is 35.5. The van der Waals surface area contributed by atoms with Gasteiger partial charge in [0, 0.05) is 37.2 Å². The minimum atomic E-state index is -0.763. The molecule has 4 aliphatic rings. The van der Waals surface area contributed by atoms with E-state index in [1.165, 1.54) is 33.1 Å². The molecule has 4 rings (SSSR count). The van der Waals surface area contributed by atoms with Gasteiger partial charge in [0.25, 0.3) is 0 Å². The number of carbonyl (C=O) groups excluding carboxylic acids is 3. The molecule has 8 heteroatoms. The molecule has 3 fully saturated rings. The third-order valence-electron chi connectivity index (χ3n) is 8.71. The number of fused-ring (bicyclic) bond motifs is 4. The SMILES string of the molecule is CCCCCC=CCCC(=O)OCC1(C)C2CCC3(CO3)C3C(OC(C)=O)OC=C(COC(C)=O)C3C21. The highest BCUT2D eigenvalue weighted by Crippen LogP contribution is 2.72. The lowest BCUT2D eigenvalue weighted by Crippen LogP contribution is -2.47. The monoisotopic (exact) mass is 518 g/mol. The summed E-state index contributed by atoms with van der Waals surface area (Å²) in [4.78, 5) is 36.0. The van der Waals surface area contributed by atoms with Crippen molar-refractivity contribution in [1.82, 2.24) is 0 Å². The Morgan fingerprint density at radius 3 is 2.51 bits per heavy atom. The van der Waals surface area contributed by atoms with Crippen LogP contribution in [-0.2, 0) is 38.1 Å². The molecule has 7 unspecified atom stereocenters. The molecule has 1 saturated heterocycles. The summed E-state index contributed by atoms with van der Waals surface area (Å²) in [5.41, 5.74) is 0.242. The van der Waals surface area contributed by atoms with Crippen LogP contribution in [0.15, 0.2) is 24.0 Å². The van der Waals surface area contributed by atoms with Crippen LogP contribution in [0.3, 0.4) is 0 Å². The highest BCUT2D eigenvalue weighted by atomic mass is 16.7. The second-order valence-corrected chi connectivity index (χ2v) is 11.3. The van der Waals surface area contributed by atoms with Crippen LogP contribution in [-0.4, -0.2) is 49.6 Å². The zero-order chi connectivity index (χ0) is 26.6. The average Bonchev–Trinajstić information content (AvgIpc) is 3.75. The quantitative estimate of drug-likeness (QED) is 0.119. The van der Waals surface area contributed by atoms with E-state index in [0.29, 0.717) is 32.0 Å². The Kier molecular flexibility index (Phi) is 8.66. The van der Waals surface area contributed by atoms with Gasteiger partial charge in [0.2, 0.25) is 6.29 Å². The van der Waals surface area contributed by atoms with Crippen molar-refractivity contribution in [3.8, 4) is 0 Å². The number of allylic oxidation sites excluding steroid dienone is 2. The van der Waals surface area contributed by atoms with Gasteiger partial charge >= 0.3 is 17.9 Å². The van der Waals surface area contributed by atoms with E-state index in [2.05, 4.69) is 26.0 Å². The Morgan fingerprint density at radius 1 is 1.08 bits per heavy atom. The van der Waals surface area contributed by atoms with Crippen LogP contribution in [0.2, 0.25) is 0 Å². The minimum absolute atomic E-state index is 0.0674. The van der Waals surface area contributed by atoms with E-state index in [9.17, 15) is 14.4 Å². The Morgan fingerprint density at radius 2 is 1.84 bits per heavy atom. The molecule has 0 aromatic heterocycles. The summed E-state index contributed by atoms with van der Waals surface area (Å²) < 4.78 is 28.6. The molecule has 7 atom stereocenters. The number of hydrogen-bond donors (Lipinski definition) is 0. The van der Waals surface area contributed by atoms with Crippen molar-refractivity contribution in [3.05, 3.63) is 24.0 Å². The van der Waals surface area contributed by atoms with Gasteiger partial charge in [0.05, 0.1) is 25.4 Å². The number of carbonyl (C=O) groups is 3. The average molecular weight is 519 g/mol. The van der Waals surface area contributed by atoms with Gasteiger partial charge in [-0.15, -0.1) is 0 Å². The number of esters is 3. The van der Waals surface area contributed by atoms with Crippen molar-refractivity contribution in [3.63, 3.8) is 0 Å². The molecule has 2 heterocycles. The number of unbranched alkanes of at least 4 members (excludes halogenated alkanes) is 3. The van der Waals surface area contributed by atoms with E-state index in [-0.39, 0.29) is 41.7 Å². The van der Waals surface area contributed by atoms with Gasteiger partial charge in [-0.25, -0.2) is 0 Å². The first-order chi connectivity index (χ1) is 17.7. The van der Waals surface area contributed by atoms with Crippen LogP contribution in [0.5, 0.6) is 0 Å². The molecule has 2 aliphatic heterocycles. The number of ether oxygens (including phenoxy) is 5. The first-order valence-corrected chi connectivity index (χ1v) is 13.8. The molecule has 2 saturated carbocycles. The zero-order valence-corrected chi connectivity index (χ0v) is 22.7. The Bertz CT molecular complexity index is 919. The third kappa shape index (κ3) is 6.21. The molecular formula is C29H42O8. The second kappa shape index (κ2) is 11.6. The lowest BCUT2D eigenvalue weighted by atomic mass is 9.71. The van der Waals surface area contributed by atoms with Crippen molar-refractivity contribution in [2.75, 3.05) is 19.8 Å². The molecule has 1 spiro atoms. The molecule has 37 heavy (non-hydrogen) atoms. The maximum atomic E-state index is 12.5. The molecule has 0 amide bonds. The molecule has 0 aromatic carbocycles. The molecule has 0 radical (unpaired) electrons. The number of rotatable bonds is 12. The fourth-order valence-corrected chi connectivity index (χ4v) is 6.65. The fourth-order valence-electron chi connectivity index (χ4n) is 6.65. The molecule has 0 aromatic rings. The van der Waals surface area contributed by atoms with E-state index >= 15 is 0 Å². The highest BCUT2D eigenvalue weighted by molar-refractivity contribution is 5.69. The lowest BCUT2D eigenvalue weighted by Gasteiger charge is -2.40. The maximum Gasteiger partial charge on any atom is 0.306 e. The summed E-state index contributed by atoms with van der Waals surface area (Å²) in [7, 11) is 0. The van der Waals surface area contributed by atoms with Gasteiger partial charge < -0.3 is 23.7 Å². The van der Waals surface area contributed by atoms with Gasteiger partial charge in [-0.2, -0.15) is 0 Å². The topological polar surface area (TPSA) is 101 Å². The Balaban J connectivity index is 1.43. The smallest absolute Gasteiger partial charge is 0.306 e. The predicted octanol–water partition coefficient (Wildman–Crippen LogP) is 4.86. The van der Waals surface area contributed by atoms with Crippen LogP contribution in [0, 0.1) is 29.1 Å².